The molecule has 0 spiro atoms. The van der Waals surface area contributed by atoms with Crippen LogP contribution in [0.1, 0.15) is 12.8 Å². The Bertz CT molecular complexity index is 440. The molecule has 18 heavy (non-hydrogen) atoms. The Hall–Kier alpha value is -0.580. The molecule has 3 unspecified atom stereocenters. The molecule has 3 nitrogen and oxygen atoms in total. The molecule has 2 aliphatic heterocycles. The van der Waals surface area contributed by atoms with E-state index in [9.17, 15) is 5.11 Å². The van der Waals surface area contributed by atoms with E-state index in [2.05, 4.69) is 32.2 Å². The molecule has 1 aromatic carbocycles. The first kappa shape index (κ1) is 12.5. The van der Waals surface area contributed by atoms with E-state index in [1.54, 1.807) is 0 Å². The second kappa shape index (κ2) is 4.83. The highest BCUT2D eigenvalue weighted by molar-refractivity contribution is 9.10. The molecule has 0 aromatic heterocycles. The first-order chi connectivity index (χ1) is 8.73. The van der Waals surface area contributed by atoms with Crippen molar-refractivity contribution in [2.24, 2.45) is 5.92 Å². The molecule has 1 aromatic rings. The zero-order chi connectivity index (χ0) is 12.6. The van der Waals surface area contributed by atoms with Gasteiger partial charge in [-0.05, 0) is 53.4 Å². The number of rotatable bonds is 3. The van der Waals surface area contributed by atoms with Crippen molar-refractivity contribution in [3.8, 4) is 0 Å². The molecule has 3 atom stereocenters. The molecule has 2 saturated heterocycles. The number of aliphatic hydroxyl groups excluding tert-OH is 1. The summed E-state index contributed by atoms with van der Waals surface area (Å²) in [7, 11) is 0. The second-order valence-corrected chi connectivity index (χ2v) is 6.31. The minimum Gasteiger partial charge on any atom is -0.394 e. The average molecular weight is 311 g/mol. The van der Waals surface area contributed by atoms with Gasteiger partial charge in [0.25, 0.3) is 0 Å². The summed E-state index contributed by atoms with van der Waals surface area (Å²) in [5.74, 6) is 0.559. The smallest absolute Gasteiger partial charge is 0.0665 e. The van der Waals surface area contributed by atoms with E-state index in [0.717, 1.165) is 29.7 Å². The van der Waals surface area contributed by atoms with Gasteiger partial charge in [0.15, 0.2) is 0 Å². The lowest BCUT2D eigenvalue weighted by Crippen LogP contribution is -2.54. The number of nitrogens with zero attached hydrogens (tertiary/aromatic N) is 1. The van der Waals surface area contributed by atoms with Crippen molar-refractivity contribution < 1.29 is 5.11 Å². The summed E-state index contributed by atoms with van der Waals surface area (Å²) >= 11 is 3.57. The van der Waals surface area contributed by atoms with Crippen LogP contribution in [0.4, 0.5) is 5.69 Å². The van der Waals surface area contributed by atoms with Gasteiger partial charge in [-0.25, -0.2) is 0 Å². The van der Waals surface area contributed by atoms with Crippen molar-refractivity contribution in [2.75, 3.05) is 31.6 Å². The third kappa shape index (κ3) is 2.06. The van der Waals surface area contributed by atoms with Crippen molar-refractivity contribution in [3.63, 3.8) is 0 Å². The zero-order valence-electron chi connectivity index (χ0n) is 10.4. The van der Waals surface area contributed by atoms with Crippen LogP contribution in [0.3, 0.4) is 0 Å². The van der Waals surface area contributed by atoms with Crippen LogP contribution in [0.5, 0.6) is 0 Å². The van der Waals surface area contributed by atoms with E-state index in [-0.39, 0.29) is 12.1 Å². The maximum Gasteiger partial charge on any atom is 0.0665 e. The predicted molar refractivity (Wildman–Crippen MR) is 76.7 cm³/mol. The summed E-state index contributed by atoms with van der Waals surface area (Å²) in [5.41, 5.74) is 0.948. The fraction of sp³-hybridized carbons (Fsp3) is 0.571. The monoisotopic (exact) mass is 310 g/mol. The Kier molecular flexibility index (Phi) is 3.34. The number of aliphatic hydroxyl groups is 1. The highest BCUT2D eigenvalue weighted by Gasteiger charge is 2.45. The van der Waals surface area contributed by atoms with Crippen LogP contribution in [0.2, 0.25) is 0 Å². The van der Waals surface area contributed by atoms with Gasteiger partial charge in [-0.3, -0.25) is 0 Å². The molecule has 3 rings (SSSR count). The second-order valence-electron chi connectivity index (χ2n) is 5.46. The minimum absolute atomic E-state index is 0.142. The van der Waals surface area contributed by atoms with Gasteiger partial charge in [-0.2, -0.15) is 0 Å². The van der Waals surface area contributed by atoms with Gasteiger partial charge in [-0.15, -0.1) is 0 Å². The number of benzene rings is 1. The zero-order valence-corrected chi connectivity index (χ0v) is 12.0. The summed E-state index contributed by atoms with van der Waals surface area (Å²) in [6.45, 7) is 3.61. The molecule has 2 bridgehead atoms. The SMILES string of the molecule is OCC1(Nc2ccccc2Br)CCN2CCC1C2. The Morgan fingerprint density at radius 3 is 3.00 bits per heavy atom. The van der Waals surface area contributed by atoms with Gasteiger partial charge in [0.05, 0.1) is 12.1 Å². The quantitative estimate of drug-likeness (QED) is 0.899. The molecular weight excluding hydrogens is 292 g/mol. The molecule has 4 heteroatoms. The number of hydrogen-bond acceptors (Lipinski definition) is 3. The number of piperidine rings is 1. The van der Waals surface area contributed by atoms with E-state index in [0.29, 0.717) is 5.92 Å². The normalized spacial score (nSPS) is 34.6. The fourth-order valence-corrected chi connectivity index (χ4v) is 3.68. The van der Waals surface area contributed by atoms with Crippen LogP contribution in [-0.4, -0.2) is 41.8 Å². The van der Waals surface area contributed by atoms with Gasteiger partial charge >= 0.3 is 0 Å². The number of halogens is 1. The van der Waals surface area contributed by atoms with E-state index in [1.807, 2.05) is 18.2 Å². The van der Waals surface area contributed by atoms with Crippen molar-refractivity contribution in [3.05, 3.63) is 28.7 Å². The van der Waals surface area contributed by atoms with Crippen molar-refractivity contribution in [2.45, 2.75) is 18.4 Å². The van der Waals surface area contributed by atoms with Crippen LogP contribution >= 0.6 is 15.9 Å². The molecular formula is C14H19BrN2O. The summed E-state index contributed by atoms with van der Waals surface area (Å²) in [4.78, 5) is 2.50. The molecule has 2 heterocycles. The number of nitrogens with one attached hydrogen (secondary N) is 1. The molecule has 0 aliphatic carbocycles. The third-order valence-corrected chi connectivity index (χ3v) is 5.16. The van der Waals surface area contributed by atoms with Crippen molar-refractivity contribution >= 4 is 21.6 Å². The highest BCUT2D eigenvalue weighted by Crippen LogP contribution is 2.39. The molecule has 2 aliphatic rings. The van der Waals surface area contributed by atoms with Crippen LogP contribution < -0.4 is 5.32 Å². The first-order valence-corrected chi connectivity index (χ1v) is 7.39. The maximum atomic E-state index is 9.92. The number of hydrogen-bond donors (Lipinski definition) is 2. The van der Waals surface area contributed by atoms with Crippen LogP contribution in [-0.2, 0) is 0 Å². The van der Waals surface area contributed by atoms with Gasteiger partial charge in [-0.1, -0.05) is 12.1 Å². The first-order valence-electron chi connectivity index (χ1n) is 6.59. The summed E-state index contributed by atoms with van der Waals surface area (Å²) < 4.78 is 1.07. The van der Waals surface area contributed by atoms with Crippen LogP contribution in [0.15, 0.2) is 28.7 Å². The van der Waals surface area contributed by atoms with Gasteiger partial charge in [0.2, 0.25) is 0 Å². The van der Waals surface area contributed by atoms with E-state index < -0.39 is 0 Å². The molecule has 0 radical (unpaired) electrons. The lowest BCUT2D eigenvalue weighted by molar-refractivity contribution is 0.112. The number of fused-ring (bicyclic) bond motifs is 2. The van der Waals surface area contributed by atoms with Gasteiger partial charge in [0, 0.05) is 23.2 Å². The Balaban J connectivity index is 1.86. The van der Waals surface area contributed by atoms with E-state index >= 15 is 0 Å². The number of anilines is 1. The summed E-state index contributed by atoms with van der Waals surface area (Å²) in [5, 5.41) is 13.5. The average Bonchev–Trinajstić information content (AvgIpc) is 2.80. The van der Waals surface area contributed by atoms with Crippen LogP contribution in [0, 0.1) is 5.92 Å². The van der Waals surface area contributed by atoms with E-state index in [1.165, 1.54) is 13.0 Å². The highest BCUT2D eigenvalue weighted by atomic mass is 79.9. The van der Waals surface area contributed by atoms with Crippen molar-refractivity contribution in [1.82, 2.24) is 4.90 Å². The van der Waals surface area contributed by atoms with E-state index in [4.69, 9.17) is 0 Å². The summed E-state index contributed by atoms with van der Waals surface area (Å²) in [6, 6.07) is 8.15. The lowest BCUT2D eigenvalue weighted by atomic mass is 9.79. The topological polar surface area (TPSA) is 35.5 Å². The molecule has 0 saturated carbocycles. The largest absolute Gasteiger partial charge is 0.394 e. The summed E-state index contributed by atoms with van der Waals surface area (Å²) in [6.07, 6.45) is 2.22. The lowest BCUT2D eigenvalue weighted by Gasteiger charge is -2.43. The third-order valence-electron chi connectivity index (χ3n) is 4.47. The van der Waals surface area contributed by atoms with Gasteiger partial charge in [0.1, 0.15) is 0 Å². The Morgan fingerprint density at radius 2 is 2.22 bits per heavy atom. The van der Waals surface area contributed by atoms with Crippen LogP contribution in [0.25, 0.3) is 0 Å². The van der Waals surface area contributed by atoms with Crippen molar-refractivity contribution in [1.29, 1.82) is 0 Å². The Labute approximate surface area is 116 Å². The molecule has 98 valence electrons. The predicted octanol–water partition coefficient (Wildman–Crippen LogP) is 2.32. The number of para-hydroxylation sites is 1. The molecule has 2 N–H and O–H groups in total. The fourth-order valence-electron chi connectivity index (χ4n) is 3.29. The standard InChI is InChI=1S/C14H19BrN2O/c15-12-3-1-2-4-13(12)16-14(10-18)6-8-17-7-5-11(14)9-17/h1-4,11,16,18H,5-10H2. The maximum absolute atomic E-state index is 9.92. The minimum atomic E-state index is -0.142. The Morgan fingerprint density at radius 1 is 1.39 bits per heavy atom. The van der Waals surface area contributed by atoms with Gasteiger partial charge < -0.3 is 15.3 Å². The molecule has 0 amide bonds. The molecule has 2 fully saturated rings.